The van der Waals surface area contributed by atoms with E-state index < -0.39 is 0 Å². The topological polar surface area (TPSA) is 6.25 Å². The molecule has 80 valence electrons. The Balaban J connectivity index is 1.75. The average Bonchev–Trinajstić information content (AvgIpc) is 2.63. The predicted octanol–water partition coefficient (Wildman–Crippen LogP) is 1.92. The molecular weight excluding hydrogens is 184 g/mol. The maximum atomic E-state index is 2.60. The third-order valence-corrected chi connectivity index (χ3v) is 4.24. The number of nitrogens with zero attached hydrogens (tertiary/aromatic N) is 2. The number of hydrogen-bond donors (Lipinski definition) is 0. The number of piperazine rings is 1. The fourth-order valence-electron chi connectivity index (χ4n) is 2.98. The van der Waals surface area contributed by atoms with Crippen LogP contribution < -0.4 is 0 Å². The second-order valence-electron chi connectivity index (χ2n) is 4.87. The van der Waals surface area contributed by atoms with Gasteiger partial charge in [-0.1, -0.05) is 30.3 Å². The van der Waals surface area contributed by atoms with Crippen LogP contribution in [-0.4, -0.2) is 34.6 Å². The first-order valence-electron chi connectivity index (χ1n) is 5.78. The van der Waals surface area contributed by atoms with Gasteiger partial charge in [-0.25, -0.2) is 0 Å². The van der Waals surface area contributed by atoms with Gasteiger partial charge in [0.25, 0.3) is 0 Å². The lowest BCUT2D eigenvalue weighted by molar-refractivity contribution is 0.203. The van der Waals surface area contributed by atoms with Crippen molar-refractivity contribution < 1.29 is 0 Å². The Kier molecular flexibility index (Phi) is 1.91. The molecule has 15 heavy (non-hydrogen) atoms. The van der Waals surface area contributed by atoms with Gasteiger partial charge >= 0.3 is 0 Å². The summed E-state index contributed by atoms with van der Waals surface area (Å²) in [6.07, 6.45) is 0. The summed E-state index contributed by atoms with van der Waals surface area (Å²) in [7, 11) is 0. The number of hydrogen-bond acceptors (Lipinski definition) is 2. The lowest BCUT2D eigenvalue weighted by Gasteiger charge is -2.24. The zero-order valence-electron chi connectivity index (χ0n) is 9.48. The molecule has 0 N–H and O–H groups in total. The van der Waals surface area contributed by atoms with Crippen LogP contribution >= 0.6 is 0 Å². The summed E-state index contributed by atoms with van der Waals surface area (Å²) in [5.41, 5.74) is 1.79. The van der Waals surface area contributed by atoms with Crippen molar-refractivity contribution >= 4 is 0 Å². The molecule has 3 rings (SSSR count). The fourth-order valence-corrected chi connectivity index (χ4v) is 2.98. The second-order valence-corrected chi connectivity index (χ2v) is 4.87. The van der Waals surface area contributed by atoms with E-state index in [9.17, 15) is 0 Å². The average molecular weight is 202 g/mol. The van der Waals surface area contributed by atoms with Crippen LogP contribution in [0, 0.1) is 0 Å². The standard InChI is InChI=1S/C13H18N2/c1-11-13(2)14(8-9-15(11)13)10-12-6-4-3-5-7-12/h3-7,11H,8-10H2,1-2H3. The van der Waals surface area contributed by atoms with Crippen molar-refractivity contribution in [2.75, 3.05) is 13.1 Å². The molecule has 2 nitrogen and oxygen atoms in total. The number of fused-ring (bicyclic) bond motifs is 1. The Bertz CT molecular complexity index is 362. The first-order valence-corrected chi connectivity index (χ1v) is 5.78. The third-order valence-electron chi connectivity index (χ3n) is 4.24. The van der Waals surface area contributed by atoms with E-state index in [1.54, 1.807) is 0 Å². The Morgan fingerprint density at radius 1 is 1.27 bits per heavy atom. The molecule has 0 saturated carbocycles. The maximum Gasteiger partial charge on any atom is 0.0873 e. The van der Waals surface area contributed by atoms with Crippen LogP contribution in [0.15, 0.2) is 30.3 Å². The minimum atomic E-state index is 0.357. The van der Waals surface area contributed by atoms with Crippen molar-refractivity contribution in [2.45, 2.75) is 32.1 Å². The summed E-state index contributed by atoms with van der Waals surface area (Å²) in [5, 5.41) is 0. The Labute approximate surface area is 91.5 Å². The summed E-state index contributed by atoms with van der Waals surface area (Å²) in [4.78, 5) is 5.18. The SMILES string of the molecule is CC1N2CCN(Cc3ccccc3)C12C. The maximum absolute atomic E-state index is 2.60. The van der Waals surface area contributed by atoms with E-state index in [-0.39, 0.29) is 0 Å². The van der Waals surface area contributed by atoms with Crippen LogP contribution in [0.1, 0.15) is 19.4 Å². The van der Waals surface area contributed by atoms with Gasteiger partial charge in [-0.2, -0.15) is 0 Å². The van der Waals surface area contributed by atoms with Crippen molar-refractivity contribution in [3.63, 3.8) is 0 Å². The van der Waals surface area contributed by atoms with Gasteiger partial charge in [-0.15, -0.1) is 0 Å². The Morgan fingerprint density at radius 2 is 2.00 bits per heavy atom. The molecule has 0 bridgehead atoms. The van der Waals surface area contributed by atoms with Gasteiger partial charge in [-0.3, -0.25) is 9.80 Å². The second kappa shape index (κ2) is 3.06. The zero-order valence-corrected chi connectivity index (χ0v) is 9.48. The Hall–Kier alpha value is -0.860. The van der Waals surface area contributed by atoms with Crippen LogP contribution in [0.2, 0.25) is 0 Å². The van der Waals surface area contributed by atoms with Crippen molar-refractivity contribution in [3.8, 4) is 0 Å². The van der Waals surface area contributed by atoms with E-state index in [0.717, 1.165) is 12.6 Å². The molecular formula is C13H18N2. The highest BCUT2D eigenvalue weighted by atomic mass is 15.6. The van der Waals surface area contributed by atoms with Crippen molar-refractivity contribution in [1.82, 2.24) is 9.80 Å². The van der Waals surface area contributed by atoms with Gasteiger partial charge in [0.15, 0.2) is 0 Å². The third kappa shape index (κ3) is 1.25. The van der Waals surface area contributed by atoms with Gasteiger partial charge in [0, 0.05) is 25.7 Å². The van der Waals surface area contributed by atoms with E-state index in [1.165, 1.54) is 18.7 Å². The van der Waals surface area contributed by atoms with Gasteiger partial charge < -0.3 is 0 Å². The van der Waals surface area contributed by atoms with E-state index in [4.69, 9.17) is 0 Å². The highest BCUT2D eigenvalue weighted by Crippen LogP contribution is 2.47. The lowest BCUT2D eigenvalue weighted by atomic mass is 10.1. The predicted molar refractivity (Wildman–Crippen MR) is 61.4 cm³/mol. The summed E-state index contributed by atoms with van der Waals surface area (Å²) in [6.45, 7) is 8.25. The molecule has 0 spiro atoms. The van der Waals surface area contributed by atoms with E-state index in [0.29, 0.717) is 5.66 Å². The largest absolute Gasteiger partial charge is 0.279 e. The molecule has 2 fully saturated rings. The molecule has 0 amide bonds. The molecule has 2 saturated heterocycles. The van der Waals surface area contributed by atoms with Crippen LogP contribution in [0.3, 0.4) is 0 Å². The molecule has 2 aliphatic heterocycles. The molecule has 0 radical (unpaired) electrons. The minimum absolute atomic E-state index is 0.357. The Morgan fingerprint density at radius 3 is 2.60 bits per heavy atom. The normalized spacial score (nSPS) is 39.1. The van der Waals surface area contributed by atoms with E-state index in [2.05, 4.69) is 54.0 Å². The first-order chi connectivity index (χ1) is 7.23. The zero-order chi connectivity index (χ0) is 10.5. The molecule has 2 heterocycles. The van der Waals surface area contributed by atoms with Crippen LogP contribution in [0.5, 0.6) is 0 Å². The highest BCUT2D eigenvalue weighted by molar-refractivity contribution is 5.20. The van der Waals surface area contributed by atoms with Crippen LogP contribution in [-0.2, 0) is 6.54 Å². The lowest BCUT2D eigenvalue weighted by Crippen LogP contribution is -2.35. The van der Waals surface area contributed by atoms with Crippen molar-refractivity contribution in [2.24, 2.45) is 0 Å². The van der Waals surface area contributed by atoms with Crippen LogP contribution in [0.25, 0.3) is 0 Å². The fraction of sp³-hybridized carbons (Fsp3) is 0.538. The van der Waals surface area contributed by atoms with Crippen molar-refractivity contribution in [3.05, 3.63) is 35.9 Å². The van der Waals surface area contributed by atoms with Crippen molar-refractivity contribution in [1.29, 1.82) is 0 Å². The molecule has 1 aromatic carbocycles. The smallest absolute Gasteiger partial charge is 0.0873 e. The van der Waals surface area contributed by atoms with E-state index in [1.807, 2.05) is 0 Å². The summed E-state index contributed by atoms with van der Waals surface area (Å²) in [5.74, 6) is 0. The first kappa shape index (κ1) is 9.37. The molecule has 1 aromatic rings. The highest BCUT2D eigenvalue weighted by Gasteiger charge is 2.63. The molecule has 2 aliphatic rings. The molecule has 0 aliphatic carbocycles. The molecule has 2 heteroatoms. The number of benzene rings is 1. The van der Waals surface area contributed by atoms with Gasteiger partial charge in [0.2, 0.25) is 0 Å². The van der Waals surface area contributed by atoms with Crippen LogP contribution in [0.4, 0.5) is 0 Å². The summed E-state index contributed by atoms with van der Waals surface area (Å²) in [6, 6.07) is 11.5. The van der Waals surface area contributed by atoms with Gasteiger partial charge in [0.1, 0.15) is 0 Å². The molecule has 3 atom stereocenters. The van der Waals surface area contributed by atoms with Gasteiger partial charge in [0.05, 0.1) is 5.66 Å². The van der Waals surface area contributed by atoms with Gasteiger partial charge in [-0.05, 0) is 19.4 Å². The molecule has 0 aromatic heterocycles. The summed E-state index contributed by atoms with van der Waals surface area (Å²) >= 11 is 0. The molecule has 3 unspecified atom stereocenters. The number of rotatable bonds is 2. The summed E-state index contributed by atoms with van der Waals surface area (Å²) < 4.78 is 0. The van der Waals surface area contributed by atoms with E-state index >= 15 is 0 Å². The quantitative estimate of drug-likeness (QED) is 0.676. The minimum Gasteiger partial charge on any atom is -0.279 e. The monoisotopic (exact) mass is 202 g/mol.